The van der Waals surface area contributed by atoms with Crippen LogP contribution < -0.4 is 56.7 Å². The number of nitrogens with one attached hydrogen (secondary N) is 4. The van der Waals surface area contributed by atoms with E-state index >= 15 is 0 Å². The smallest absolute Gasteiger partial charge is 0.250 e. The number of aliphatic hydroxyl groups is 4. The molecule has 4 saturated heterocycles. The van der Waals surface area contributed by atoms with Crippen molar-refractivity contribution in [3.63, 3.8) is 0 Å². The second-order valence-corrected chi connectivity index (χ2v) is 31.1. The zero-order valence-corrected chi connectivity index (χ0v) is 69.0. The van der Waals surface area contributed by atoms with E-state index in [1.807, 2.05) is 62.3 Å². The number of piperidine rings is 4. The van der Waals surface area contributed by atoms with Gasteiger partial charge in [-0.05, 0) is 171 Å². The van der Waals surface area contributed by atoms with Gasteiger partial charge in [0, 0.05) is 198 Å². The molecular weight excluding hydrogens is 1520 g/mol. The van der Waals surface area contributed by atoms with Crippen molar-refractivity contribution in [3.05, 3.63) is 170 Å². The molecule has 1 saturated carbocycles. The molecule has 4 atom stereocenters. The zero-order valence-electron chi connectivity index (χ0n) is 69.0. The van der Waals surface area contributed by atoms with Gasteiger partial charge in [-0.1, -0.05) is 26.8 Å². The lowest BCUT2D eigenvalue weighted by molar-refractivity contribution is -0.905. The molecule has 0 aromatic carbocycles. The Hall–Kier alpha value is -11.6. The van der Waals surface area contributed by atoms with E-state index in [1.165, 1.54) is 37.6 Å². The number of hydrogen-bond acceptors (Lipinski definition) is 29. The van der Waals surface area contributed by atoms with Crippen LogP contribution in [0.3, 0.4) is 0 Å². The number of aliphatic hydroxyl groups excluding tert-OH is 4. The molecular formula is C83H114N29O7+. The maximum Gasteiger partial charge on any atom is 0.250 e. The lowest BCUT2D eigenvalue weighted by atomic mass is 10.0. The topological polar surface area (TPSA) is 408 Å². The largest absolute Gasteiger partial charge is 0.396 e. The first kappa shape index (κ1) is 83.8. The number of anilines is 8. The van der Waals surface area contributed by atoms with Gasteiger partial charge >= 0.3 is 0 Å². The van der Waals surface area contributed by atoms with E-state index in [1.54, 1.807) is 77.2 Å². The Morgan fingerprint density at radius 2 is 0.840 bits per heavy atom. The van der Waals surface area contributed by atoms with Crippen molar-refractivity contribution in [1.82, 2.24) is 97.4 Å². The predicted octanol–water partition coefficient (Wildman–Crippen LogP) is 7.67. The Balaban J connectivity index is 0.000000130. The van der Waals surface area contributed by atoms with Gasteiger partial charge in [0.2, 0.25) is 65.5 Å². The number of aryl methyl sites for hydroxylation is 5. The first-order chi connectivity index (χ1) is 58.3. The minimum Gasteiger partial charge on any atom is -0.396 e. The summed E-state index contributed by atoms with van der Waals surface area (Å²) in [7, 11) is 1.75. The van der Waals surface area contributed by atoms with E-state index < -0.39 is 0 Å². The van der Waals surface area contributed by atoms with Crippen LogP contribution in [0.25, 0.3) is 22.6 Å². The average Bonchev–Trinajstić information content (AvgIpc) is 1.54. The molecule has 17 rings (SSSR count). The summed E-state index contributed by atoms with van der Waals surface area (Å²) >= 11 is 0. The van der Waals surface area contributed by atoms with Gasteiger partial charge in [-0.3, -0.25) is 14.8 Å². The number of hydrogen-bond donors (Lipinski definition) is 9. The van der Waals surface area contributed by atoms with Crippen LogP contribution in [0.1, 0.15) is 194 Å². The van der Waals surface area contributed by atoms with E-state index in [9.17, 15) is 35.2 Å². The number of rotatable bonds is 29. The van der Waals surface area contributed by atoms with Crippen molar-refractivity contribution < 1.29 is 30.4 Å². The van der Waals surface area contributed by atoms with Gasteiger partial charge in [0.1, 0.15) is 6.33 Å². The highest BCUT2D eigenvalue weighted by atomic mass is 16.5. The standard InChI is InChI=1S/C22H29N7O2.C22H31N7O2.C20H28N7O2.C19H26N8O/c1-27-14-15(5-8-19(27)31)12-23-21-26-22(28-10-3-2-4-17(28)9-11-30)25-20-18(16-6-7-16)13-24-29(20)21;1-3-17-15-24-29-20(17)25-22(28-10-6-5-7-18(28)9-12-30)26-21(29)23-14-16-8-11-27(4-2)19(31)13-16;1-2-16-13-22-27-18(16)23-20(26-10-4-3-7-17(26)8-11-28)24-19(27)21-12-15-6-5-9-25(29)14-15;1-2-15-12-23-27-17(15)24-19(26-7-4-3-5-16(26)6-8-28)25-18(27)22-11-14-9-20-13-21-10-14/h5,8,13-14,16-17,30H,2-4,6-7,9-12H2,1H3,(H,23,25,26);8,11,13,15,18,30H,3-7,9-10,12,14H2,1-2H3,(H,23,25,26);5-6,9,13-14,17,28-29H,2-4,7-8,10-12H2,1H3,(H,21,23,24);9-10,12-13,16,28H,2-8,11H2,1H3,(H,22,24,25)/q;;+1;/t17-;18-;17-;16-/m0000/s1. The van der Waals surface area contributed by atoms with Crippen LogP contribution in [0.15, 0.2) is 114 Å². The third kappa shape index (κ3) is 20.2. The monoisotopic (exact) mass is 1630 g/mol. The van der Waals surface area contributed by atoms with E-state index in [2.05, 4.69) is 92.0 Å². The van der Waals surface area contributed by atoms with Crippen molar-refractivity contribution in [2.75, 3.05) is 93.5 Å². The molecule has 0 radical (unpaired) electrons. The molecule has 9 N–H and O–H groups in total. The van der Waals surface area contributed by atoms with Crippen molar-refractivity contribution in [3.8, 4) is 0 Å². The first-order valence-electron chi connectivity index (χ1n) is 42.5. The first-order valence-corrected chi connectivity index (χ1v) is 42.5. The van der Waals surface area contributed by atoms with E-state index in [0.717, 1.165) is 195 Å². The minimum atomic E-state index is -0.0309. The highest BCUT2D eigenvalue weighted by molar-refractivity contribution is 5.60. The van der Waals surface area contributed by atoms with Crippen LogP contribution in [-0.4, -0.2) is 200 Å². The summed E-state index contributed by atoms with van der Waals surface area (Å²) < 4.78 is 11.3. The van der Waals surface area contributed by atoms with Gasteiger partial charge < -0.3 is 70.4 Å². The lowest BCUT2D eigenvalue weighted by Gasteiger charge is -2.35. The summed E-state index contributed by atoms with van der Waals surface area (Å²) in [4.78, 5) is 79.7. The molecule has 0 bridgehead atoms. The average molecular weight is 1630 g/mol. The fourth-order valence-corrected chi connectivity index (χ4v) is 16.3. The van der Waals surface area contributed by atoms with Crippen LogP contribution in [0, 0.1) is 0 Å². The molecule has 12 aromatic rings. The summed E-state index contributed by atoms with van der Waals surface area (Å²) in [5.41, 5.74) is 11.4. The van der Waals surface area contributed by atoms with Crippen molar-refractivity contribution >= 4 is 70.2 Å². The molecule has 5 aliphatic rings. The van der Waals surface area contributed by atoms with Gasteiger partial charge in [-0.25, -0.2) is 9.97 Å². The molecule has 4 aliphatic heterocycles. The lowest BCUT2D eigenvalue weighted by Crippen LogP contribution is -2.41. The summed E-state index contributed by atoms with van der Waals surface area (Å²) in [6.45, 7) is 15.1. The SMILES string of the molecule is CCc1cnn2c(NCc3ccc[n+](O)c3)nc(N3CCCC[C@H]3CCO)nc12.CCc1cnn2c(NCc3ccn(CC)c(=O)c3)nc(N3CCCC[C@H]3CCO)nc12.CCc1cnn2c(NCc3cncnc3)nc(N3CCCC[C@H]3CCO)nc12.Cn1cc(CNc2nc(N3CCCC[C@H]3CCO)nc3c(C4CC4)cnn23)ccc1=O. The number of aromatic nitrogens is 21. The molecule has 12 aromatic heterocycles. The molecule has 632 valence electrons. The van der Waals surface area contributed by atoms with E-state index in [4.69, 9.17) is 39.9 Å². The van der Waals surface area contributed by atoms with Gasteiger partial charge in [-0.2, -0.15) is 78.3 Å². The van der Waals surface area contributed by atoms with Crippen LogP contribution in [-0.2, 0) is 59.0 Å². The number of fused-ring (bicyclic) bond motifs is 4. The summed E-state index contributed by atoms with van der Waals surface area (Å²) in [5.74, 6) is 5.81. The van der Waals surface area contributed by atoms with Gasteiger partial charge in [0.25, 0.3) is 5.56 Å². The Kier molecular flexibility index (Phi) is 28.3. The zero-order chi connectivity index (χ0) is 82.7. The molecule has 0 unspecified atom stereocenters. The molecule has 5 fully saturated rings. The summed E-state index contributed by atoms with van der Waals surface area (Å²) in [5, 5.41) is 79.1. The van der Waals surface area contributed by atoms with Crippen LogP contribution >= 0.6 is 0 Å². The Morgan fingerprint density at radius 1 is 0.437 bits per heavy atom. The van der Waals surface area contributed by atoms with Crippen molar-refractivity contribution in [2.45, 2.75) is 225 Å². The third-order valence-corrected chi connectivity index (χ3v) is 23.0. The molecule has 16 heterocycles. The fraction of sp³-hybridized carbons (Fsp3) is 0.530. The highest BCUT2D eigenvalue weighted by Crippen LogP contribution is 2.42. The van der Waals surface area contributed by atoms with Crippen molar-refractivity contribution in [1.29, 1.82) is 0 Å². The molecule has 0 spiro atoms. The van der Waals surface area contributed by atoms with Gasteiger partial charge in [-0.15, -0.1) is 0 Å². The van der Waals surface area contributed by atoms with Crippen LogP contribution in [0.4, 0.5) is 47.6 Å². The molecule has 1 aliphatic carbocycles. The Bertz CT molecular complexity index is 5430. The van der Waals surface area contributed by atoms with Crippen LogP contribution in [0.2, 0.25) is 0 Å². The fourth-order valence-electron chi connectivity index (χ4n) is 16.3. The molecule has 36 heteroatoms. The maximum atomic E-state index is 12.2. The maximum absolute atomic E-state index is 12.2. The summed E-state index contributed by atoms with van der Waals surface area (Å²) in [6, 6.07) is 11.7. The van der Waals surface area contributed by atoms with Gasteiger partial charge in [0.15, 0.2) is 22.6 Å². The summed E-state index contributed by atoms with van der Waals surface area (Å²) in [6.07, 6.45) is 40.4. The predicted molar refractivity (Wildman–Crippen MR) is 453 cm³/mol. The normalized spacial score (nSPS) is 17.6. The second kappa shape index (κ2) is 40.2. The second-order valence-electron chi connectivity index (χ2n) is 31.1. The number of pyridine rings is 3. The van der Waals surface area contributed by atoms with Gasteiger partial charge in [0.05, 0.1) is 24.8 Å². The number of nitrogens with zero attached hydrogens (tertiary/aromatic N) is 25. The molecule has 36 nitrogen and oxygen atoms in total. The van der Waals surface area contributed by atoms with E-state index in [-0.39, 0.29) is 61.7 Å². The Morgan fingerprint density at radius 3 is 1.24 bits per heavy atom. The molecule has 119 heavy (non-hydrogen) atoms. The van der Waals surface area contributed by atoms with Crippen molar-refractivity contribution in [2.24, 2.45) is 7.05 Å². The highest BCUT2D eigenvalue weighted by Gasteiger charge is 2.33. The van der Waals surface area contributed by atoms with Crippen LogP contribution in [0.5, 0.6) is 0 Å². The minimum absolute atomic E-state index is 0.0113. The molecule has 0 amide bonds. The quantitative estimate of drug-likeness (QED) is 0.0160. The van der Waals surface area contributed by atoms with E-state index in [0.29, 0.717) is 92.6 Å². The third-order valence-electron chi connectivity index (χ3n) is 23.0. The Labute approximate surface area is 690 Å².